The zero-order valence-corrected chi connectivity index (χ0v) is 16.1. The summed E-state index contributed by atoms with van der Waals surface area (Å²) in [4.78, 5) is 0. The van der Waals surface area contributed by atoms with Crippen molar-refractivity contribution >= 4 is 18.4 Å². The number of benzene rings is 2. The number of rotatable bonds is 7. The van der Waals surface area contributed by atoms with Crippen LogP contribution in [0.1, 0.15) is 13.3 Å². The molecule has 0 aliphatic heterocycles. The minimum atomic E-state index is -2.24. The van der Waals surface area contributed by atoms with Crippen LogP contribution in [0.3, 0.4) is 0 Å². The molecule has 0 fully saturated rings. The molecule has 2 N–H and O–H groups in total. The Morgan fingerprint density at radius 2 is 1.60 bits per heavy atom. The Morgan fingerprint density at radius 3 is 2.04 bits per heavy atom. The van der Waals surface area contributed by atoms with Crippen molar-refractivity contribution in [2.24, 2.45) is 0 Å². The van der Waals surface area contributed by atoms with Crippen LogP contribution in [0.2, 0.25) is 6.55 Å². The quantitative estimate of drug-likeness (QED) is 0.457. The first kappa shape index (κ1) is 19.2. The lowest BCUT2D eigenvalue weighted by Gasteiger charge is -2.23. The van der Waals surface area contributed by atoms with E-state index in [2.05, 4.69) is 85.4 Å². The number of hydrogen-bond acceptors (Lipinski definition) is 2. The molecule has 0 aliphatic carbocycles. The largest absolute Gasteiger partial charge is 0.378 e. The predicted octanol–water partition coefficient (Wildman–Crippen LogP) is 2.34. The number of hydrogen-bond donors (Lipinski definition) is 2. The zero-order chi connectivity index (χ0) is 18.1. The topological polar surface area (TPSA) is 32.3 Å². The Kier molecular flexibility index (Phi) is 7.21. The summed E-state index contributed by atoms with van der Waals surface area (Å²) in [5.41, 5.74) is 3.47. The van der Waals surface area contributed by atoms with E-state index in [4.69, 9.17) is 0 Å². The molecule has 2 atom stereocenters. The molecular formula is C22H27NOSi. The molecule has 0 saturated heterocycles. The van der Waals surface area contributed by atoms with Crippen LogP contribution < -0.4 is 15.7 Å². The average molecular weight is 350 g/mol. The van der Waals surface area contributed by atoms with Crippen LogP contribution in [-0.2, 0) is 0 Å². The highest BCUT2D eigenvalue weighted by atomic mass is 28.3. The highest BCUT2D eigenvalue weighted by molar-refractivity contribution is 7.07. The van der Waals surface area contributed by atoms with Crippen molar-refractivity contribution < 1.29 is 5.11 Å². The summed E-state index contributed by atoms with van der Waals surface area (Å²) in [6, 6.07) is 20.6. The van der Waals surface area contributed by atoms with Crippen LogP contribution >= 0.6 is 0 Å². The fourth-order valence-corrected chi connectivity index (χ4v) is 5.57. The molecule has 2 nitrogen and oxygen atoms in total. The zero-order valence-electron chi connectivity index (χ0n) is 15.1. The van der Waals surface area contributed by atoms with E-state index >= 15 is 0 Å². The highest BCUT2D eigenvalue weighted by Crippen LogP contribution is 2.05. The van der Waals surface area contributed by atoms with Gasteiger partial charge in [-0.25, -0.2) is 0 Å². The van der Waals surface area contributed by atoms with Crippen LogP contribution in [0.5, 0.6) is 0 Å². The van der Waals surface area contributed by atoms with E-state index < -0.39 is 14.2 Å². The van der Waals surface area contributed by atoms with Gasteiger partial charge in [0.1, 0.15) is 6.10 Å². The molecule has 0 unspecified atom stereocenters. The summed E-state index contributed by atoms with van der Waals surface area (Å²) in [5.74, 6) is 3.11. The third-order valence-electron chi connectivity index (χ3n) is 4.40. The summed E-state index contributed by atoms with van der Waals surface area (Å²) in [6.45, 7) is 8.98. The summed E-state index contributed by atoms with van der Waals surface area (Å²) in [5, 5.41) is 16.3. The molecule has 0 spiro atoms. The van der Waals surface area contributed by atoms with Gasteiger partial charge in [-0.05, 0) is 23.3 Å². The average Bonchev–Trinajstić information content (AvgIpc) is 2.68. The van der Waals surface area contributed by atoms with Crippen LogP contribution in [0.4, 0.5) is 0 Å². The molecule has 0 amide bonds. The molecule has 130 valence electrons. The van der Waals surface area contributed by atoms with Crippen molar-refractivity contribution in [3.63, 3.8) is 0 Å². The van der Waals surface area contributed by atoms with Gasteiger partial charge >= 0.3 is 0 Å². The maximum atomic E-state index is 10.5. The highest BCUT2D eigenvalue weighted by Gasteiger charge is 2.30. The molecule has 2 aromatic rings. The molecule has 2 aromatic carbocycles. The molecular weight excluding hydrogens is 322 g/mol. The van der Waals surface area contributed by atoms with E-state index in [0.717, 1.165) is 13.0 Å². The van der Waals surface area contributed by atoms with Gasteiger partial charge in [-0.2, -0.15) is 0 Å². The van der Waals surface area contributed by atoms with E-state index in [9.17, 15) is 5.11 Å². The van der Waals surface area contributed by atoms with Crippen molar-refractivity contribution in [2.75, 3.05) is 6.54 Å². The lowest BCUT2D eigenvalue weighted by Crippen LogP contribution is -2.55. The smallest absolute Gasteiger partial charge is 0.196 e. The SMILES string of the molecule is C=C[C@@H](NCCC)[C@@H](O)C#C[Si](C)(c1ccccc1)c1ccccc1. The van der Waals surface area contributed by atoms with Gasteiger partial charge in [-0.3, -0.25) is 0 Å². The second kappa shape index (κ2) is 9.38. The first-order valence-corrected chi connectivity index (χ1v) is 11.3. The molecule has 0 saturated carbocycles. The standard InChI is InChI=1S/C22H27NOSi/c1-4-17-23-21(5-2)22(24)16-18-25(3,19-12-8-6-9-13-19)20-14-10-7-11-15-20/h5-15,21-24H,2,4,17H2,1,3H3/t21-,22+/m1/s1. The predicted molar refractivity (Wildman–Crippen MR) is 110 cm³/mol. The minimum Gasteiger partial charge on any atom is -0.378 e. The third-order valence-corrected chi connectivity index (χ3v) is 8.02. The molecule has 25 heavy (non-hydrogen) atoms. The first-order chi connectivity index (χ1) is 12.1. The Morgan fingerprint density at radius 1 is 1.08 bits per heavy atom. The maximum Gasteiger partial charge on any atom is 0.196 e. The Bertz CT molecular complexity index is 678. The van der Waals surface area contributed by atoms with Crippen LogP contribution in [0.15, 0.2) is 73.3 Å². The number of nitrogens with one attached hydrogen (secondary N) is 1. The molecule has 0 aliphatic rings. The molecule has 0 aromatic heterocycles. The van der Waals surface area contributed by atoms with Gasteiger partial charge in [-0.1, -0.05) is 86.1 Å². The summed E-state index contributed by atoms with van der Waals surface area (Å²) < 4.78 is 0. The van der Waals surface area contributed by atoms with Crippen molar-refractivity contribution in [3.05, 3.63) is 73.3 Å². The summed E-state index contributed by atoms with van der Waals surface area (Å²) >= 11 is 0. The van der Waals surface area contributed by atoms with E-state index in [0.29, 0.717) is 0 Å². The first-order valence-electron chi connectivity index (χ1n) is 8.79. The van der Waals surface area contributed by atoms with Crippen LogP contribution in [0.25, 0.3) is 0 Å². The van der Waals surface area contributed by atoms with Gasteiger partial charge in [-0.15, -0.1) is 12.1 Å². The molecule has 0 heterocycles. The van der Waals surface area contributed by atoms with E-state index in [-0.39, 0.29) is 6.04 Å². The Hall–Kier alpha value is -2.12. The molecule has 0 radical (unpaired) electrons. The van der Waals surface area contributed by atoms with E-state index in [1.54, 1.807) is 6.08 Å². The van der Waals surface area contributed by atoms with Crippen molar-refractivity contribution in [2.45, 2.75) is 32.0 Å². The fourth-order valence-electron chi connectivity index (χ4n) is 2.80. The van der Waals surface area contributed by atoms with Gasteiger partial charge in [0.15, 0.2) is 8.07 Å². The maximum absolute atomic E-state index is 10.5. The van der Waals surface area contributed by atoms with Gasteiger partial charge in [0.25, 0.3) is 0 Å². The van der Waals surface area contributed by atoms with Crippen LogP contribution in [0, 0.1) is 11.5 Å². The summed E-state index contributed by atoms with van der Waals surface area (Å²) in [6.07, 6.45) is 1.98. The van der Waals surface area contributed by atoms with Crippen LogP contribution in [-0.4, -0.2) is 31.9 Å². The monoisotopic (exact) mass is 349 g/mol. The van der Waals surface area contributed by atoms with Crippen molar-refractivity contribution in [1.29, 1.82) is 0 Å². The van der Waals surface area contributed by atoms with Crippen molar-refractivity contribution in [1.82, 2.24) is 5.32 Å². The van der Waals surface area contributed by atoms with Gasteiger partial charge < -0.3 is 10.4 Å². The van der Waals surface area contributed by atoms with E-state index in [1.165, 1.54) is 10.4 Å². The molecule has 2 rings (SSSR count). The Balaban J connectivity index is 2.37. The van der Waals surface area contributed by atoms with Gasteiger partial charge in [0.2, 0.25) is 0 Å². The normalized spacial score (nSPS) is 13.4. The minimum absolute atomic E-state index is 0.211. The van der Waals surface area contributed by atoms with Gasteiger partial charge in [0.05, 0.1) is 6.04 Å². The second-order valence-electron chi connectivity index (χ2n) is 6.29. The van der Waals surface area contributed by atoms with E-state index in [1.807, 2.05) is 12.1 Å². The lowest BCUT2D eigenvalue weighted by molar-refractivity contribution is 0.200. The Labute approximate surface area is 152 Å². The molecule has 0 bridgehead atoms. The third kappa shape index (κ3) is 4.93. The van der Waals surface area contributed by atoms with Gasteiger partial charge in [0, 0.05) is 0 Å². The summed E-state index contributed by atoms with van der Waals surface area (Å²) in [7, 11) is -2.24. The lowest BCUT2D eigenvalue weighted by atomic mass is 10.1. The second-order valence-corrected chi connectivity index (χ2v) is 9.94. The van der Waals surface area contributed by atoms with Crippen molar-refractivity contribution in [3.8, 4) is 11.5 Å². The molecule has 3 heteroatoms. The fraction of sp³-hybridized carbons (Fsp3) is 0.273. The number of aliphatic hydroxyl groups excluding tert-OH is 1. The number of aliphatic hydroxyl groups is 1.